The molecule has 1 aromatic heterocycles. The molecule has 0 saturated carbocycles. The number of hydrogen-bond acceptors (Lipinski definition) is 6. The monoisotopic (exact) mass is 357 g/mol. The van der Waals surface area contributed by atoms with Gasteiger partial charge in [0, 0.05) is 6.42 Å². The molecule has 0 radical (unpaired) electrons. The number of aromatic nitrogens is 2. The number of carbonyl (C=O) groups is 1. The van der Waals surface area contributed by atoms with E-state index in [4.69, 9.17) is 4.42 Å². The molecule has 0 saturated heterocycles. The molecule has 0 bridgehead atoms. The minimum absolute atomic E-state index is 0.0758. The topological polar surface area (TPSA) is 102 Å². The second-order valence-electron chi connectivity index (χ2n) is 5.83. The molecule has 3 rings (SSSR count). The molecule has 1 aromatic carbocycles. The van der Waals surface area contributed by atoms with Crippen molar-refractivity contribution >= 4 is 21.4 Å². The van der Waals surface area contributed by atoms with E-state index in [0.29, 0.717) is 0 Å². The molecule has 0 spiro atoms. The third-order valence-electron chi connectivity index (χ3n) is 3.44. The summed E-state index contributed by atoms with van der Waals surface area (Å²) in [6.07, 6.45) is -0.227. The van der Waals surface area contributed by atoms with Gasteiger partial charge in [-0.15, -0.1) is 10.2 Å². The van der Waals surface area contributed by atoms with Crippen LogP contribution in [0.15, 0.2) is 21.4 Å². The lowest BCUT2D eigenvalue weighted by Crippen LogP contribution is -2.11. The van der Waals surface area contributed by atoms with Crippen molar-refractivity contribution in [2.24, 2.45) is 0 Å². The number of anilines is 1. The summed E-state index contributed by atoms with van der Waals surface area (Å²) in [5, 5.41) is 9.50. The highest BCUT2D eigenvalue weighted by molar-refractivity contribution is 7.91. The molecule has 1 amide bonds. The van der Waals surface area contributed by atoms with Gasteiger partial charge in [0.1, 0.15) is 5.82 Å². The van der Waals surface area contributed by atoms with Crippen LogP contribution in [-0.2, 0) is 20.3 Å². The van der Waals surface area contributed by atoms with Crippen molar-refractivity contribution < 1.29 is 26.4 Å². The van der Waals surface area contributed by atoms with E-state index in [1.165, 1.54) is 13.8 Å². The van der Waals surface area contributed by atoms with Gasteiger partial charge >= 0.3 is 0 Å². The van der Waals surface area contributed by atoms with E-state index in [1.807, 2.05) is 0 Å². The predicted octanol–water partition coefficient (Wildman–Crippen LogP) is 2.20. The number of hydrogen-bond donors (Lipinski definition) is 1. The maximum absolute atomic E-state index is 14.3. The number of nitrogens with one attached hydrogen (secondary N) is 1. The maximum atomic E-state index is 14.3. The Morgan fingerprint density at radius 1 is 1.29 bits per heavy atom. The second-order valence-corrected chi connectivity index (χ2v) is 7.91. The van der Waals surface area contributed by atoms with Crippen LogP contribution in [0.3, 0.4) is 0 Å². The van der Waals surface area contributed by atoms with E-state index in [0.717, 1.165) is 12.1 Å². The number of alkyl halides is 1. The Morgan fingerprint density at radius 3 is 2.62 bits per heavy atom. The van der Waals surface area contributed by atoms with Gasteiger partial charge in [0.05, 0.1) is 21.9 Å². The Labute approximate surface area is 136 Å². The summed E-state index contributed by atoms with van der Waals surface area (Å²) < 4.78 is 57.5. The van der Waals surface area contributed by atoms with Crippen molar-refractivity contribution in [3.05, 3.63) is 23.8 Å². The van der Waals surface area contributed by atoms with Gasteiger partial charge in [-0.2, -0.15) is 0 Å². The summed E-state index contributed by atoms with van der Waals surface area (Å²) in [6, 6.07) is 1.88. The van der Waals surface area contributed by atoms with Crippen molar-refractivity contribution in [2.45, 2.75) is 30.8 Å². The van der Waals surface area contributed by atoms with Crippen molar-refractivity contribution in [3.63, 3.8) is 0 Å². The Kier molecular flexibility index (Phi) is 3.67. The molecule has 0 unspecified atom stereocenters. The number of fused-ring (bicyclic) bond motifs is 1. The van der Waals surface area contributed by atoms with Gasteiger partial charge < -0.3 is 9.73 Å². The molecule has 1 aliphatic rings. The van der Waals surface area contributed by atoms with E-state index in [1.54, 1.807) is 0 Å². The first-order valence-corrected chi connectivity index (χ1v) is 8.62. The van der Waals surface area contributed by atoms with Crippen LogP contribution < -0.4 is 5.32 Å². The van der Waals surface area contributed by atoms with Crippen molar-refractivity contribution in [1.29, 1.82) is 0 Å². The van der Waals surface area contributed by atoms with Gasteiger partial charge in [-0.3, -0.25) is 4.79 Å². The van der Waals surface area contributed by atoms with Gasteiger partial charge in [-0.05, 0) is 26.0 Å². The Morgan fingerprint density at radius 2 is 2.00 bits per heavy atom. The molecular formula is C14H13F2N3O4S. The molecular weight excluding hydrogens is 344 g/mol. The molecule has 2 heterocycles. The summed E-state index contributed by atoms with van der Waals surface area (Å²) in [4.78, 5) is 11.3. The van der Waals surface area contributed by atoms with Crippen LogP contribution in [0.25, 0.3) is 11.5 Å². The minimum Gasteiger partial charge on any atom is -0.417 e. The Hall–Kier alpha value is -2.36. The molecule has 2 aromatic rings. The summed E-state index contributed by atoms with van der Waals surface area (Å²) in [6.45, 7) is 2.40. The number of rotatable bonds is 2. The first kappa shape index (κ1) is 16.5. The van der Waals surface area contributed by atoms with E-state index < -0.39 is 33.0 Å². The van der Waals surface area contributed by atoms with E-state index >= 15 is 0 Å². The smallest absolute Gasteiger partial charge is 0.253 e. The van der Waals surface area contributed by atoms with Gasteiger partial charge in [0.2, 0.25) is 5.91 Å². The molecule has 10 heteroatoms. The largest absolute Gasteiger partial charge is 0.417 e. The molecule has 1 aliphatic heterocycles. The summed E-state index contributed by atoms with van der Waals surface area (Å²) >= 11 is 0. The maximum Gasteiger partial charge on any atom is 0.253 e. The molecule has 0 aliphatic carbocycles. The number of halogens is 2. The standard InChI is InChI=1S/C14H13F2N3O4S/c1-14(2,16)13-19-18-12(23-13)7-5-9-10(6-8(7)15)24(21,22)4-3-11(20)17-9/h5-6H,3-4H2,1-2H3,(H,17,20). The highest BCUT2D eigenvalue weighted by atomic mass is 32.2. The first-order chi connectivity index (χ1) is 11.1. The average Bonchev–Trinajstić information content (AvgIpc) is 2.92. The van der Waals surface area contributed by atoms with Gasteiger partial charge in [-0.25, -0.2) is 17.2 Å². The zero-order chi connectivity index (χ0) is 17.7. The number of sulfone groups is 1. The number of amides is 1. The lowest BCUT2D eigenvalue weighted by atomic mass is 10.1. The second kappa shape index (κ2) is 5.33. The summed E-state index contributed by atoms with van der Waals surface area (Å²) in [5.74, 6) is -2.51. The zero-order valence-electron chi connectivity index (χ0n) is 12.8. The fourth-order valence-electron chi connectivity index (χ4n) is 2.20. The van der Waals surface area contributed by atoms with Crippen LogP contribution in [0.2, 0.25) is 0 Å². The number of carbonyl (C=O) groups excluding carboxylic acids is 1. The van der Waals surface area contributed by atoms with Crippen molar-refractivity contribution in [2.75, 3.05) is 11.1 Å². The molecule has 128 valence electrons. The SMILES string of the molecule is CC(C)(F)c1nnc(-c2cc3c(cc2F)S(=O)(=O)CCC(=O)N3)o1. The van der Waals surface area contributed by atoms with Crippen LogP contribution >= 0.6 is 0 Å². The minimum atomic E-state index is -3.80. The lowest BCUT2D eigenvalue weighted by Gasteiger charge is -2.09. The van der Waals surface area contributed by atoms with Crippen LogP contribution in [0.4, 0.5) is 14.5 Å². The average molecular weight is 357 g/mol. The third-order valence-corrected chi connectivity index (χ3v) is 5.19. The highest BCUT2D eigenvalue weighted by Gasteiger charge is 2.30. The zero-order valence-corrected chi connectivity index (χ0v) is 13.6. The molecule has 0 atom stereocenters. The number of nitrogens with zero attached hydrogens (tertiary/aromatic N) is 2. The van der Waals surface area contributed by atoms with Crippen LogP contribution in [0.1, 0.15) is 26.2 Å². The molecule has 24 heavy (non-hydrogen) atoms. The first-order valence-electron chi connectivity index (χ1n) is 6.97. The van der Waals surface area contributed by atoms with E-state index in [9.17, 15) is 22.0 Å². The third kappa shape index (κ3) is 2.88. The van der Waals surface area contributed by atoms with E-state index in [2.05, 4.69) is 15.5 Å². The lowest BCUT2D eigenvalue weighted by molar-refractivity contribution is -0.115. The summed E-state index contributed by atoms with van der Waals surface area (Å²) in [5.41, 5.74) is -2.22. The van der Waals surface area contributed by atoms with E-state index in [-0.39, 0.29) is 34.3 Å². The van der Waals surface area contributed by atoms with Crippen LogP contribution in [0.5, 0.6) is 0 Å². The fourth-order valence-corrected chi connectivity index (χ4v) is 3.60. The van der Waals surface area contributed by atoms with Gasteiger partial charge in [0.25, 0.3) is 11.8 Å². The van der Waals surface area contributed by atoms with Crippen LogP contribution in [0, 0.1) is 5.82 Å². The van der Waals surface area contributed by atoms with Crippen molar-refractivity contribution in [3.8, 4) is 11.5 Å². The fraction of sp³-hybridized carbons (Fsp3) is 0.357. The Bertz CT molecular complexity index is 932. The number of benzene rings is 1. The van der Waals surface area contributed by atoms with Crippen LogP contribution in [-0.4, -0.2) is 30.3 Å². The van der Waals surface area contributed by atoms with Gasteiger partial charge in [-0.1, -0.05) is 0 Å². The highest BCUT2D eigenvalue weighted by Crippen LogP contribution is 2.34. The molecule has 7 nitrogen and oxygen atoms in total. The Balaban J connectivity index is 2.15. The molecule has 1 N–H and O–H groups in total. The summed E-state index contributed by atoms with van der Waals surface area (Å²) in [7, 11) is -3.80. The predicted molar refractivity (Wildman–Crippen MR) is 79.1 cm³/mol. The molecule has 0 fully saturated rings. The van der Waals surface area contributed by atoms with Gasteiger partial charge in [0.15, 0.2) is 15.5 Å². The quantitative estimate of drug-likeness (QED) is 0.884. The normalized spacial score (nSPS) is 17.1. The van der Waals surface area contributed by atoms with Crippen molar-refractivity contribution in [1.82, 2.24) is 10.2 Å².